The highest BCUT2D eigenvalue weighted by Gasteiger charge is 2.16. The summed E-state index contributed by atoms with van der Waals surface area (Å²) in [6.07, 6.45) is 10.9. The van der Waals surface area contributed by atoms with E-state index in [0.717, 1.165) is 29.4 Å². The Morgan fingerprint density at radius 1 is 1.32 bits per heavy atom. The first kappa shape index (κ1) is 17.9. The Morgan fingerprint density at radius 2 is 2.12 bits per heavy atom. The van der Waals surface area contributed by atoms with Crippen LogP contribution in [0.25, 0.3) is 5.69 Å². The van der Waals surface area contributed by atoms with Gasteiger partial charge in [-0.05, 0) is 25.0 Å². The van der Waals surface area contributed by atoms with Gasteiger partial charge in [-0.15, -0.1) is 0 Å². The first-order valence-corrected chi connectivity index (χ1v) is 9.85. The monoisotopic (exact) mass is 359 g/mol. The molecule has 0 bridgehead atoms. The number of hydrogen-bond acceptors (Lipinski definition) is 4. The van der Waals surface area contributed by atoms with E-state index < -0.39 is 0 Å². The van der Waals surface area contributed by atoms with Crippen molar-refractivity contribution in [1.29, 1.82) is 0 Å². The molecule has 0 aliphatic heterocycles. The zero-order chi connectivity index (χ0) is 17.5. The van der Waals surface area contributed by atoms with Gasteiger partial charge in [-0.2, -0.15) is 0 Å². The van der Waals surface area contributed by atoms with Crippen molar-refractivity contribution >= 4 is 17.7 Å². The average Bonchev–Trinajstić information content (AvgIpc) is 2.97. The second kappa shape index (κ2) is 8.94. The number of thioether (sulfide) groups is 1. The number of imidazole rings is 1. The van der Waals surface area contributed by atoms with Crippen LogP contribution in [0.5, 0.6) is 5.75 Å². The lowest BCUT2D eigenvalue weighted by atomic mass is 10.1. The molecule has 6 heteroatoms. The lowest BCUT2D eigenvalue weighted by Crippen LogP contribution is -2.35. The van der Waals surface area contributed by atoms with Crippen molar-refractivity contribution in [3.05, 3.63) is 36.7 Å². The minimum Gasteiger partial charge on any atom is -0.497 e. The van der Waals surface area contributed by atoms with Gasteiger partial charge in [-0.25, -0.2) is 4.98 Å². The number of amides is 1. The number of hydrogen-bond donors (Lipinski definition) is 1. The number of carbonyl (C=O) groups excluding carboxylic acids is 1. The van der Waals surface area contributed by atoms with Gasteiger partial charge in [0.25, 0.3) is 0 Å². The lowest BCUT2D eigenvalue weighted by molar-refractivity contribution is -0.119. The molecular weight excluding hydrogens is 334 g/mol. The molecule has 5 nitrogen and oxygen atoms in total. The summed E-state index contributed by atoms with van der Waals surface area (Å²) in [4.78, 5) is 16.7. The third-order valence-electron chi connectivity index (χ3n) is 4.49. The maximum absolute atomic E-state index is 12.3. The Labute approximate surface area is 153 Å². The SMILES string of the molecule is COc1cccc(-n2ccnc2SCC(=O)NC2CCCCCC2)c1. The smallest absolute Gasteiger partial charge is 0.230 e. The highest BCUT2D eigenvalue weighted by Crippen LogP contribution is 2.23. The van der Waals surface area contributed by atoms with Crippen molar-refractivity contribution in [2.75, 3.05) is 12.9 Å². The van der Waals surface area contributed by atoms with Gasteiger partial charge >= 0.3 is 0 Å². The number of rotatable bonds is 6. The van der Waals surface area contributed by atoms with E-state index in [1.165, 1.54) is 37.4 Å². The first-order valence-electron chi connectivity index (χ1n) is 8.86. The molecule has 0 atom stereocenters. The molecule has 1 amide bonds. The van der Waals surface area contributed by atoms with E-state index in [9.17, 15) is 4.79 Å². The highest BCUT2D eigenvalue weighted by molar-refractivity contribution is 7.99. The number of benzene rings is 1. The molecule has 1 aromatic heterocycles. The van der Waals surface area contributed by atoms with Crippen LogP contribution >= 0.6 is 11.8 Å². The topological polar surface area (TPSA) is 56.2 Å². The lowest BCUT2D eigenvalue weighted by Gasteiger charge is -2.16. The molecule has 1 aliphatic rings. The second-order valence-electron chi connectivity index (χ2n) is 6.33. The Balaban J connectivity index is 1.58. The summed E-state index contributed by atoms with van der Waals surface area (Å²) in [7, 11) is 1.65. The van der Waals surface area contributed by atoms with E-state index in [1.54, 1.807) is 13.3 Å². The Hall–Kier alpha value is -1.95. The minimum absolute atomic E-state index is 0.0945. The van der Waals surface area contributed by atoms with Crippen molar-refractivity contribution < 1.29 is 9.53 Å². The molecule has 0 saturated heterocycles. The van der Waals surface area contributed by atoms with E-state index in [1.807, 2.05) is 35.0 Å². The van der Waals surface area contributed by atoms with Crippen LogP contribution in [0, 0.1) is 0 Å². The number of aromatic nitrogens is 2. The third kappa shape index (κ3) is 5.01. The van der Waals surface area contributed by atoms with E-state index in [0.29, 0.717) is 11.8 Å². The molecule has 2 aromatic rings. The van der Waals surface area contributed by atoms with Crippen LogP contribution in [-0.4, -0.2) is 34.4 Å². The molecule has 25 heavy (non-hydrogen) atoms. The molecule has 1 aliphatic carbocycles. The van der Waals surface area contributed by atoms with Crippen LogP contribution in [0.15, 0.2) is 41.8 Å². The molecule has 1 N–H and O–H groups in total. The van der Waals surface area contributed by atoms with Crippen LogP contribution in [0.2, 0.25) is 0 Å². The highest BCUT2D eigenvalue weighted by atomic mass is 32.2. The van der Waals surface area contributed by atoms with Crippen molar-refractivity contribution in [3.63, 3.8) is 0 Å². The molecule has 3 rings (SSSR count). The standard InChI is InChI=1S/C19H25N3O2S/c1-24-17-10-6-9-16(13-17)22-12-11-20-19(22)25-14-18(23)21-15-7-4-2-3-5-8-15/h6,9-13,15H,2-5,7-8,14H2,1H3,(H,21,23). The Kier molecular flexibility index (Phi) is 6.39. The molecule has 0 unspecified atom stereocenters. The second-order valence-corrected chi connectivity index (χ2v) is 7.27. The molecule has 0 spiro atoms. The number of nitrogens with one attached hydrogen (secondary N) is 1. The van der Waals surface area contributed by atoms with Gasteiger partial charge in [0.05, 0.1) is 18.6 Å². The van der Waals surface area contributed by atoms with Gasteiger partial charge < -0.3 is 10.1 Å². The van der Waals surface area contributed by atoms with Gasteiger partial charge in [-0.1, -0.05) is 43.5 Å². The predicted molar refractivity (Wildman–Crippen MR) is 100 cm³/mol. The van der Waals surface area contributed by atoms with Crippen LogP contribution in [-0.2, 0) is 4.79 Å². The molecule has 0 radical (unpaired) electrons. The minimum atomic E-state index is 0.0945. The quantitative estimate of drug-likeness (QED) is 0.629. The van der Waals surface area contributed by atoms with Crippen molar-refractivity contribution in [1.82, 2.24) is 14.9 Å². The Morgan fingerprint density at radius 3 is 2.88 bits per heavy atom. The number of nitrogens with zero attached hydrogens (tertiary/aromatic N) is 2. The molecule has 134 valence electrons. The largest absolute Gasteiger partial charge is 0.497 e. The fourth-order valence-electron chi connectivity index (χ4n) is 3.18. The fourth-order valence-corrected chi connectivity index (χ4v) is 3.96. The number of carbonyl (C=O) groups is 1. The zero-order valence-electron chi connectivity index (χ0n) is 14.6. The maximum Gasteiger partial charge on any atom is 0.230 e. The molecule has 1 heterocycles. The number of methoxy groups -OCH3 is 1. The van der Waals surface area contributed by atoms with Gasteiger partial charge in [0, 0.05) is 24.5 Å². The summed E-state index contributed by atoms with van der Waals surface area (Å²) < 4.78 is 7.26. The predicted octanol–water partition coefficient (Wildman–Crippen LogP) is 3.81. The summed E-state index contributed by atoms with van der Waals surface area (Å²) in [6, 6.07) is 8.15. The maximum atomic E-state index is 12.3. The van der Waals surface area contributed by atoms with Crippen LogP contribution in [0.3, 0.4) is 0 Å². The van der Waals surface area contributed by atoms with Crippen molar-refractivity contribution in [3.8, 4) is 11.4 Å². The molecular formula is C19H25N3O2S. The van der Waals surface area contributed by atoms with E-state index in [-0.39, 0.29) is 5.91 Å². The molecule has 1 fully saturated rings. The van der Waals surface area contributed by atoms with Crippen LogP contribution < -0.4 is 10.1 Å². The summed E-state index contributed by atoms with van der Waals surface area (Å²) in [5.41, 5.74) is 0.975. The molecule has 1 saturated carbocycles. The zero-order valence-corrected chi connectivity index (χ0v) is 15.4. The van der Waals surface area contributed by atoms with Gasteiger partial charge in [0.1, 0.15) is 5.75 Å². The van der Waals surface area contributed by atoms with Gasteiger partial charge in [0.15, 0.2) is 5.16 Å². The van der Waals surface area contributed by atoms with Crippen LogP contribution in [0.1, 0.15) is 38.5 Å². The summed E-state index contributed by atoms with van der Waals surface area (Å²) in [5, 5.41) is 3.99. The van der Waals surface area contributed by atoms with Gasteiger partial charge in [-0.3, -0.25) is 9.36 Å². The van der Waals surface area contributed by atoms with E-state index >= 15 is 0 Å². The first-order chi connectivity index (χ1) is 12.3. The average molecular weight is 359 g/mol. The van der Waals surface area contributed by atoms with Crippen LogP contribution in [0.4, 0.5) is 0 Å². The number of ether oxygens (including phenoxy) is 1. The Bertz CT molecular complexity index is 693. The third-order valence-corrected chi connectivity index (χ3v) is 5.46. The fraction of sp³-hybridized carbons (Fsp3) is 0.474. The van der Waals surface area contributed by atoms with E-state index in [4.69, 9.17) is 4.74 Å². The van der Waals surface area contributed by atoms with E-state index in [2.05, 4.69) is 10.3 Å². The normalized spacial score (nSPS) is 15.6. The molecule has 1 aromatic carbocycles. The summed E-state index contributed by atoms with van der Waals surface area (Å²) in [5.74, 6) is 1.28. The van der Waals surface area contributed by atoms with Crippen molar-refractivity contribution in [2.24, 2.45) is 0 Å². The summed E-state index contributed by atoms with van der Waals surface area (Å²) in [6.45, 7) is 0. The van der Waals surface area contributed by atoms with Gasteiger partial charge in [0.2, 0.25) is 5.91 Å². The van der Waals surface area contributed by atoms with Crippen molar-refractivity contribution in [2.45, 2.75) is 49.7 Å². The summed E-state index contributed by atoms with van der Waals surface area (Å²) >= 11 is 1.46.